The summed E-state index contributed by atoms with van der Waals surface area (Å²) in [5.74, 6) is 0.731. The zero-order valence-electron chi connectivity index (χ0n) is 11.1. The number of guanidine groups is 1. The maximum Gasteiger partial charge on any atom is 0.191 e. The highest BCUT2D eigenvalue weighted by Gasteiger charge is 2.40. The van der Waals surface area contributed by atoms with Crippen molar-refractivity contribution in [2.45, 2.75) is 37.6 Å². The van der Waals surface area contributed by atoms with Gasteiger partial charge in [0.15, 0.2) is 5.96 Å². The molecular weight excluding hydrogens is 241 g/mol. The number of nitrogens with two attached hydrogens (primary N) is 1. The number of likely N-dealkylation sites (tertiary alicyclic amines) is 1. The zero-order valence-corrected chi connectivity index (χ0v) is 11.1. The summed E-state index contributed by atoms with van der Waals surface area (Å²) >= 11 is 0. The number of halogens is 1. The minimum Gasteiger partial charge on any atom is -0.370 e. The van der Waals surface area contributed by atoms with Gasteiger partial charge in [0.25, 0.3) is 0 Å². The van der Waals surface area contributed by atoms with Gasteiger partial charge in [0, 0.05) is 19.0 Å². The summed E-state index contributed by atoms with van der Waals surface area (Å²) in [6.07, 6.45) is 4.58. The number of piperidine rings is 1. The van der Waals surface area contributed by atoms with E-state index in [2.05, 4.69) is 9.89 Å². The Morgan fingerprint density at radius 1 is 1.21 bits per heavy atom. The maximum atomic E-state index is 13.7. The van der Waals surface area contributed by atoms with Gasteiger partial charge in [-0.2, -0.15) is 0 Å². The van der Waals surface area contributed by atoms with Crippen LogP contribution in [0.25, 0.3) is 0 Å². The lowest BCUT2D eigenvalue weighted by molar-refractivity contribution is 0.338. The molecule has 102 valence electrons. The molecule has 1 saturated carbocycles. The Labute approximate surface area is 113 Å². The maximum absolute atomic E-state index is 13.7. The molecule has 1 saturated heterocycles. The third kappa shape index (κ3) is 2.72. The van der Waals surface area contributed by atoms with Gasteiger partial charge in [-0.05, 0) is 37.3 Å². The van der Waals surface area contributed by atoms with Crippen LogP contribution in [0.4, 0.5) is 4.39 Å². The molecule has 0 radical (unpaired) electrons. The number of aliphatic imine (C=N–C) groups is 1. The zero-order chi connectivity index (χ0) is 13.2. The van der Waals surface area contributed by atoms with Gasteiger partial charge >= 0.3 is 0 Å². The smallest absolute Gasteiger partial charge is 0.191 e. The van der Waals surface area contributed by atoms with Crippen LogP contribution in [0.3, 0.4) is 0 Å². The Balaban J connectivity index is 1.65. The summed E-state index contributed by atoms with van der Waals surface area (Å²) < 4.78 is 13.7. The topological polar surface area (TPSA) is 41.6 Å². The van der Waals surface area contributed by atoms with Crippen LogP contribution in [0.1, 0.15) is 37.2 Å². The molecule has 3 rings (SSSR count). The van der Waals surface area contributed by atoms with Crippen LogP contribution in [0, 0.1) is 5.82 Å². The number of rotatable bonds is 2. The number of benzene rings is 1. The molecule has 2 unspecified atom stereocenters. The van der Waals surface area contributed by atoms with Gasteiger partial charge in [0.2, 0.25) is 0 Å². The molecule has 2 atom stereocenters. The van der Waals surface area contributed by atoms with Crippen LogP contribution in [0.2, 0.25) is 0 Å². The van der Waals surface area contributed by atoms with Crippen molar-refractivity contribution in [3.05, 3.63) is 35.6 Å². The average molecular weight is 261 g/mol. The molecule has 2 N–H and O–H groups in total. The van der Waals surface area contributed by atoms with E-state index in [1.165, 1.54) is 25.3 Å². The average Bonchev–Trinajstić information content (AvgIpc) is 3.19. The third-order valence-corrected chi connectivity index (χ3v) is 4.04. The van der Waals surface area contributed by atoms with Crippen LogP contribution in [0.15, 0.2) is 29.3 Å². The van der Waals surface area contributed by atoms with Gasteiger partial charge in [0.05, 0.1) is 6.04 Å². The normalized spacial score (nSPS) is 27.4. The first-order valence-corrected chi connectivity index (χ1v) is 7.08. The largest absolute Gasteiger partial charge is 0.370 e. The number of hydrogen-bond acceptors (Lipinski definition) is 1. The molecule has 0 spiro atoms. The van der Waals surface area contributed by atoms with Gasteiger partial charge in [-0.25, -0.2) is 9.38 Å². The van der Waals surface area contributed by atoms with Crippen molar-refractivity contribution in [2.24, 2.45) is 10.7 Å². The summed E-state index contributed by atoms with van der Waals surface area (Å²) in [4.78, 5) is 6.72. The van der Waals surface area contributed by atoms with Crippen LogP contribution >= 0.6 is 0 Å². The lowest BCUT2D eigenvalue weighted by atomic mass is 10.1. The van der Waals surface area contributed by atoms with Crippen molar-refractivity contribution in [2.75, 3.05) is 13.1 Å². The van der Waals surface area contributed by atoms with Gasteiger partial charge in [-0.3, -0.25) is 0 Å². The van der Waals surface area contributed by atoms with E-state index in [9.17, 15) is 4.39 Å². The fraction of sp³-hybridized carbons (Fsp3) is 0.533. The van der Waals surface area contributed by atoms with E-state index < -0.39 is 0 Å². The highest BCUT2D eigenvalue weighted by molar-refractivity contribution is 5.78. The summed E-state index contributed by atoms with van der Waals surface area (Å²) in [7, 11) is 0. The van der Waals surface area contributed by atoms with Crippen LogP contribution in [-0.4, -0.2) is 30.0 Å². The van der Waals surface area contributed by atoms with E-state index in [1.807, 2.05) is 12.1 Å². The number of nitrogens with zero attached hydrogens (tertiary/aromatic N) is 2. The second-order valence-electron chi connectivity index (χ2n) is 5.47. The number of hydrogen-bond donors (Lipinski definition) is 1. The van der Waals surface area contributed by atoms with E-state index in [1.54, 1.807) is 6.07 Å². The van der Waals surface area contributed by atoms with Gasteiger partial charge < -0.3 is 10.6 Å². The fourth-order valence-electron chi connectivity index (χ4n) is 2.81. The lowest BCUT2D eigenvalue weighted by Crippen LogP contribution is -2.41. The van der Waals surface area contributed by atoms with E-state index in [-0.39, 0.29) is 17.8 Å². The molecule has 2 aliphatic rings. The quantitative estimate of drug-likeness (QED) is 0.656. The Hall–Kier alpha value is -1.58. The van der Waals surface area contributed by atoms with Crippen LogP contribution < -0.4 is 5.73 Å². The van der Waals surface area contributed by atoms with Crippen LogP contribution in [0.5, 0.6) is 0 Å². The highest BCUT2D eigenvalue weighted by Crippen LogP contribution is 2.44. The fourth-order valence-corrected chi connectivity index (χ4v) is 2.81. The summed E-state index contributed by atoms with van der Waals surface area (Å²) in [6.45, 7) is 2.01. The molecule has 1 aliphatic heterocycles. The molecule has 2 fully saturated rings. The molecule has 1 aliphatic carbocycles. The Morgan fingerprint density at radius 2 is 1.95 bits per heavy atom. The Morgan fingerprint density at radius 3 is 2.68 bits per heavy atom. The molecule has 1 aromatic rings. The molecule has 0 bridgehead atoms. The van der Waals surface area contributed by atoms with E-state index >= 15 is 0 Å². The summed E-state index contributed by atoms with van der Waals surface area (Å²) in [5.41, 5.74) is 6.83. The monoisotopic (exact) mass is 261 g/mol. The first-order valence-electron chi connectivity index (χ1n) is 7.08. The molecule has 0 amide bonds. The van der Waals surface area contributed by atoms with Crippen molar-refractivity contribution >= 4 is 5.96 Å². The predicted octanol–water partition coefficient (Wildman–Crippen LogP) is 2.48. The minimum absolute atomic E-state index is 0.123. The molecule has 4 heteroatoms. The third-order valence-electron chi connectivity index (χ3n) is 4.04. The van der Waals surface area contributed by atoms with Crippen molar-refractivity contribution in [1.82, 2.24) is 4.90 Å². The van der Waals surface area contributed by atoms with Crippen LogP contribution in [-0.2, 0) is 0 Å². The van der Waals surface area contributed by atoms with Crippen molar-refractivity contribution in [1.29, 1.82) is 0 Å². The molecular formula is C15H20FN3. The highest BCUT2D eigenvalue weighted by atomic mass is 19.1. The molecule has 1 aromatic carbocycles. The minimum atomic E-state index is -0.123. The Kier molecular flexibility index (Phi) is 3.40. The lowest BCUT2D eigenvalue weighted by Gasteiger charge is -2.27. The molecule has 0 aromatic heterocycles. The van der Waals surface area contributed by atoms with Gasteiger partial charge in [0.1, 0.15) is 5.82 Å². The second kappa shape index (κ2) is 5.19. The van der Waals surface area contributed by atoms with E-state index in [4.69, 9.17) is 5.73 Å². The van der Waals surface area contributed by atoms with Gasteiger partial charge in [-0.15, -0.1) is 0 Å². The summed E-state index contributed by atoms with van der Waals surface area (Å²) in [5, 5.41) is 0. The van der Waals surface area contributed by atoms with Crippen molar-refractivity contribution in [3.63, 3.8) is 0 Å². The van der Waals surface area contributed by atoms with Crippen molar-refractivity contribution in [3.8, 4) is 0 Å². The van der Waals surface area contributed by atoms with E-state index in [0.29, 0.717) is 5.96 Å². The molecule has 19 heavy (non-hydrogen) atoms. The second-order valence-corrected chi connectivity index (χ2v) is 5.47. The van der Waals surface area contributed by atoms with E-state index in [0.717, 1.165) is 25.1 Å². The van der Waals surface area contributed by atoms with Gasteiger partial charge in [-0.1, -0.05) is 18.2 Å². The summed E-state index contributed by atoms with van der Waals surface area (Å²) in [6, 6.07) is 7.14. The van der Waals surface area contributed by atoms with Crippen molar-refractivity contribution < 1.29 is 4.39 Å². The first kappa shape index (κ1) is 12.5. The predicted molar refractivity (Wildman–Crippen MR) is 74.6 cm³/mol. The molecule has 1 heterocycles. The molecule has 3 nitrogen and oxygen atoms in total. The Bertz CT molecular complexity index is 480. The standard InChI is InChI=1S/C15H20FN3/c16-13-7-3-2-6-11(13)12-10-14(12)18-15(17)19-8-4-1-5-9-19/h2-3,6-7,12,14H,1,4-5,8-10H2,(H2,17,18). The first-order chi connectivity index (χ1) is 9.25. The SMILES string of the molecule is NC(=NC1CC1c1ccccc1F)N1CCCCC1.